The van der Waals surface area contributed by atoms with E-state index in [1.54, 1.807) is 17.1 Å². The van der Waals surface area contributed by atoms with Gasteiger partial charge in [0.2, 0.25) is 0 Å². The zero-order chi connectivity index (χ0) is 11.5. The van der Waals surface area contributed by atoms with Gasteiger partial charge in [0.15, 0.2) is 5.82 Å². The second kappa shape index (κ2) is 4.36. The molecule has 16 heavy (non-hydrogen) atoms. The van der Waals surface area contributed by atoms with Crippen molar-refractivity contribution in [3.8, 4) is 0 Å². The Balaban J connectivity index is 2.27. The molecule has 0 fully saturated rings. The molecule has 6 nitrogen and oxygen atoms in total. The van der Waals surface area contributed by atoms with Crippen LogP contribution in [0, 0.1) is 0 Å². The zero-order valence-electron chi connectivity index (χ0n) is 8.57. The van der Waals surface area contributed by atoms with Crippen LogP contribution in [0.3, 0.4) is 0 Å². The highest BCUT2D eigenvalue weighted by molar-refractivity contribution is 6.32. The molecule has 0 aliphatic rings. The van der Waals surface area contributed by atoms with E-state index in [1.807, 2.05) is 6.92 Å². The number of aryl methyl sites for hydroxylation is 1. The van der Waals surface area contributed by atoms with E-state index >= 15 is 0 Å². The van der Waals surface area contributed by atoms with Gasteiger partial charge in [-0.2, -0.15) is 5.10 Å². The Bertz CT molecular complexity index is 547. The molecule has 2 rings (SSSR count). The van der Waals surface area contributed by atoms with Crippen LogP contribution in [0.15, 0.2) is 23.5 Å². The number of nitrogens with zero attached hydrogens (tertiary/aromatic N) is 3. The normalized spacial score (nSPS) is 10.4. The van der Waals surface area contributed by atoms with Gasteiger partial charge in [-0.15, -0.1) is 0 Å². The van der Waals surface area contributed by atoms with E-state index in [9.17, 15) is 4.79 Å². The standard InChI is InChI=1S/C9H10ClN5O/c1-2-15-4-6(3-13-15)14-8-7(10)9(16)12-5-11-8/h3-5H,2H2,1H3,(H2,11,12,14,16). The summed E-state index contributed by atoms with van der Waals surface area (Å²) in [6.45, 7) is 2.76. The molecule has 0 amide bonds. The summed E-state index contributed by atoms with van der Waals surface area (Å²) in [4.78, 5) is 17.5. The van der Waals surface area contributed by atoms with Crippen LogP contribution in [0.2, 0.25) is 5.02 Å². The Morgan fingerprint density at radius 3 is 3.12 bits per heavy atom. The molecule has 0 saturated heterocycles. The van der Waals surface area contributed by atoms with E-state index in [0.29, 0.717) is 5.82 Å². The van der Waals surface area contributed by atoms with E-state index in [1.165, 1.54) is 6.33 Å². The van der Waals surface area contributed by atoms with Crippen molar-refractivity contribution in [1.29, 1.82) is 0 Å². The average molecular weight is 240 g/mol. The first-order valence-electron chi connectivity index (χ1n) is 4.73. The molecule has 2 aromatic heterocycles. The van der Waals surface area contributed by atoms with Crippen LogP contribution >= 0.6 is 11.6 Å². The summed E-state index contributed by atoms with van der Waals surface area (Å²) in [6, 6.07) is 0. The van der Waals surface area contributed by atoms with Crippen molar-refractivity contribution >= 4 is 23.1 Å². The average Bonchev–Trinajstić information content (AvgIpc) is 2.73. The molecule has 0 aliphatic carbocycles. The van der Waals surface area contributed by atoms with Crippen molar-refractivity contribution in [2.24, 2.45) is 0 Å². The fourth-order valence-corrected chi connectivity index (χ4v) is 1.36. The maximum atomic E-state index is 11.2. The maximum absolute atomic E-state index is 11.2. The molecule has 0 atom stereocenters. The fraction of sp³-hybridized carbons (Fsp3) is 0.222. The lowest BCUT2D eigenvalue weighted by atomic mass is 10.5. The third kappa shape index (κ3) is 2.06. The van der Waals surface area contributed by atoms with Crippen LogP contribution in [-0.4, -0.2) is 19.7 Å². The smallest absolute Gasteiger partial charge is 0.271 e. The van der Waals surface area contributed by atoms with Crippen LogP contribution in [0.25, 0.3) is 0 Å². The van der Waals surface area contributed by atoms with Crippen LogP contribution in [0.1, 0.15) is 6.92 Å². The Labute approximate surface area is 96.3 Å². The van der Waals surface area contributed by atoms with Gasteiger partial charge in [0.1, 0.15) is 5.02 Å². The number of hydrogen-bond donors (Lipinski definition) is 2. The minimum absolute atomic E-state index is 0.0340. The zero-order valence-corrected chi connectivity index (χ0v) is 9.32. The van der Waals surface area contributed by atoms with Gasteiger partial charge in [-0.05, 0) is 6.92 Å². The predicted molar refractivity (Wildman–Crippen MR) is 61.1 cm³/mol. The minimum Gasteiger partial charge on any atom is -0.336 e. The largest absolute Gasteiger partial charge is 0.336 e. The van der Waals surface area contributed by atoms with Crippen LogP contribution < -0.4 is 10.9 Å². The quantitative estimate of drug-likeness (QED) is 0.849. The van der Waals surface area contributed by atoms with Crippen molar-refractivity contribution in [3.05, 3.63) is 34.1 Å². The Kier molecular flexibility index (Phi) is 2.91. The summed E-state index contributed by atoms with van der Waals surface area (Å²) in [5, 5.41) is 7.04. The monoisotopic (exact) mass is 239 g/mol. The van der Waals surface area contributed by atoms with E-state index in [2.05, 4.69) is 20.4 Å². The molecule has 0 aromatic carbocycles. The number of aromatic nitrogens is 4. The molecule has 2 aromatic rings. The summed E-state index contributed by atoms with van der Waals surface area (Å²) in [5.74, 6) is 0.320. The fourth-order valence-electron chi connectivity index (χ4n) is 1.21. The summed E-state index contributed by atoms with van der Waals surface area (Å²) in [6.07, 6.45) is 4.74. The van der Waals surface area contributed by atoms with E-state index in [4.69, 9.17) is 11.6 Å². The first kappa shape index (κ1) is 10.7. The van der Waals surface area contributed by atoms with Gasteiger partial charge in [-0.1, -0.05) is 11.6 Å². The Hall–Kier alpha value is -1.82. The van der Waals surface area contributed by atoms with E-state index < -0.39 is 0 Å². The minimum atomic E-state index is -0.373. The van der Waals surface area contributed by atoms with Gasteiger partial charge < -0.3 is 10.3 Å². The highest BCUT2D eigenvalue weighted by Gasteiger charge is 2.06. The summed E-state index contributed by atoms with van der Waals surface area (Å²) in [5.41, 5.74) is 0.365. The number of halogens is 1. The molecule has 84 valence electrons. The Morgan fingerprint density at radius 2 is 2.44 bits per heavy atom. The van der Waals surface area contributed by atoms with Crippen molar-refractivity contribution in [2.45, 2.75) is 13.5 Å². The number of rotatable bonds is 3. The molecule has 0 aliphatic heterocycles. The van der Waals surface area contributed by atoms with Gasteiger partial charge in [0.05, 0.1) is 18.2 Å². The Morgan fingerprint density at radius 1 is 1.62 bits per heavy atom. The molecule has 2 N–H and O–H groups in total. The second-order valence-electron chi connectivity index (χ2n) is 3.10. The van der Waals surface area contributed by atoms with Crippen molar-refractivity contribution < 1.29 is 0 Å². The molecular weight excluding hydrogens is 230 g/mol. The first-order valence-corrected chi connectivity index (χ1v) is 5.11. The first-order chi connectivity index (χ1) is 7.70. The SMILES string of the molecule is CCn1cc(Nc2nc[nH]c(=O)c2Cl)cn1. The van der Waals surface area contributed by atoms with E-state index in [0.717, 1.165) is 12.2 Å². The summed E-state index contributed by atoms with van der Waals surface area (Å²) in [7, 11) is 0. The number of nitrogens with one attached hydrogen (secondary N) is 2. The molecule has 2 heterocycles. The predicted octanol–water partition coefficient (Wildman–Crippen LogP) is 1.38. The van der Waals surface area contributed by atoms with Gasteiger partial charge in [0, 0.05) is 12.7 Å². The molecular formula is C9H10ClN5O. The summed E-state index contributed by atoms with van der Waals surface area (Å²) < 4.78 is 1.75. The lowest BCUT2D eigenvalue weighted by Gasteiger charge is -2.02. The lowest BCUT2D eigenvalue weighted by molar-refractivity contribution is 0.660. The van der Waals surface area contributed by atoms with Crippen LogP contribution in [0.4, 0.5) is 11.5 Å². The van der Waals surface area contributed by atoms with Gasteiger partial charge >= 0.3 is 0 Å². The molecule has 0 saturated carbocycles. The molecule has 0 spiro atoms. The van der Waals surface area contributed by atoms with E-state index in [-0.39, 0.29) is 10.6 Å². The molecule has 7 heteroatoms. The van der Waals surface area contributed by atoms with Crippen LogP contribution in [-0.2, 0) is 6.54 Å². The second-order valence-corrected chi connectivity index (χ2v) is 3.48. The number of hydrogen-bond acceptors (Lipinski definition) is 4. The van der Waals surface area contributed by atoms with Crippen molar-refractivity contribution in [2.75, 3.05) is 5.32 Å². The van der Waals surface area contributed by atoms with Crippen molar-refractivity contribution in [1.82, 2.24) is 19.7 Å². The topological polar surface area (TPSA) is 75.6 Å². The van der Waals surface area contributed by atoms with Crippen molar-refractivity contribution in [3.63, 3.8) is 0 Å². The molecule has 0 bridgehead atoms. The summed E-state index contributed by atoms with van der Waals surface area (Å²) >= 11 is 5.79. The van der Waals surface area contributed by atoms with Crippen LogP contribution in [0.5, 0.6) is 0 Å². The molecule has 0 radical (unpaired) electrons. The third-order valence-electron chi connectivity index (χ3n) is 2.02. The number of anilines is 2. The van der Waals surface area contributed by atoms with Gasteiger partial charge in [0.25, 0.3) is 5.56 Å². The van der Waals surface area contributed by atoms with Gasteiger partial charge in [-0.25, -0.2) is 4.98 Å². The lowest BCUT2D eigenvalue weighted by Crippen LogP contribution is -2.09. The number of aromatic amines is 1. The van der Waals surface area contributed by atoms with Gasteiger partial charge in [-0.3, -0.25) is 9.48 Å². The highest BCUT2D eigenvalue weighted by atomic mass is 35.5. The maximum Gasteiger partial charge on any atom is 0.271 e. The number of H-pyrrole nitrogens is 1. The highest BCUT2D eigenvalue weighted by Crippen LogP contribution is 2.18. The third-order valence-corrected chi connectivity index (χ3v) is 2.37. The molecule has 0 unspecified atom stereocenters.